The van der Waals surface area contributed by atoms with Gasteiger partial charge in [-0.15, -0.1) is 16.4 Å². The molecule has 0 saturated heterocycles. The molecule has 0 aliphatic rings. The molecular weight excluding hydrogens is 444 g/mol. The fraction of sp³-hybridized carbons (Fsp3) is 0.0385. The average Bonchev–Trinajstić information content (AvgIpc) is 3.48. The number of nitrogens with one attached hydrogen (secondary N) is 2. The highest BCUT2D eigenvalue weighted by molar-refractivity contribution is 7.07. The first-order valence-electron chi connectivity index (χ1n) is 10.7. The molecular formula is C26H22N6OS. The minimum atomic E-state index is -0.435. The van der Waals surface area contributed by atoms with E-state index in [1.54, 1.807) is 0 Å². The second kappa shape index (κ2) is 9.21. The molecule has 8 heteroatoms. The molecule has 5 aromatic rings. The van der Waals surface area contributed by atoms with E-state index in [0.717, 1.165) is 22.5 Å². The number of carbonyl (C=O) groups is 1. The van der Waals surface area contributed by atoms with Crippen LogP contribution in [0.5, 0.6) is 0 Å². The van der Waals surface area contributed by atoms with Crippen molar-refractivity contribution < 1.29 is 4.79 Å². The Hall–Kier alpha value is -4.43. The summed E-state index contributed by atoms with van der Waals surface area (Å²) in [7, 11) is 0. The first-order chi connectivity index (χ1) is 16.6. The lowest BCUT2D eigenvalue weighted by Crippen LogP contribution is -2.25. The number of benzene rings is 3. The predicted octanol–water partition coefficient (Wildman–Crippen LogP) is 4.73. The molecule has 0 aliphatic heterocycles. The van der Waals surface area contributed by atoms with Crippen molar-refractivity contribution in [1.29, 1.82) is 0 Å². The van der Waals surface area contributed by atoms with E-state index in [0.29, 0.717) is 10.5 Å². The van der Waals surface area contributed by atoms with Crippen LogP contribution in [0.3, 0.4) is 0 Å². The normalized spacial score (nSPS) is 11.5. The fourth-order valence-electron chi connectivity index (χ4n) is 3.70. The Balaban J connectivity index is 1.55. The standard InChI is InChI=1S/C26H22N6OS/c1-17-12-14-18(15-13-17)21-16-34-26(32(21)20-10-6-3-7-11-20)31-30-25(33)22-23(28-29-24(22)27)19-8-4-2-5-9-19/h2-16H,1H3,(H,30,33)(H3,27,28,29)/b31-26+. The molecule has 0 radical (unpaired) electrons. The van der Waals surface area contributed by atoms with Crippen molar-refractivity contribution in [3.8, 4) is 28.2 Å². The van der Waals surface area contributed by atoms with Crippen LogP contribution in [0.15, 0.2) is 95.4 Å². The first kappa shape index (κ1) is 21.4. The monoisotopic (exact) mass is 466 g/mol. The number of anilines is 1. The van der Waals surface area contributed by atoms with Crippen LogP contribution < -0.4 is 16.0 Å². The summed E-state index contributed by atoms with van der Waals surface area (Å²) in [4.78, 5) is 13.7. The van der Waals surface area contributed by atoms with Crippen molar-refractivity contribution >= 4 is 23.1 Å². The van der Waals surface area contributed by atoms with Crippen molar-refractivity contribution in [2.45, 2.75) is 6.92 Å². The lowest BCUT2D eigenvalue weighted by atomic mass is 10.1. The lowest BCUT2D eigenvalue weighted by molar-refractivity contribution is 0.0954. The van der Waals surface area contributed by atoms with Gasteiger partial charge in [-0.25, -0.2) is 5.43 Å². The maximum Gasteiger partial charge on any atom is 0.277 e. The molecule has 0 spiro atoms. The Labute approximate surface area is 200 Å². The molecule has 3 aromatic carbocycles. The summed E-state index contributed by atoms with van der Waals surface area (Å²) in [5, 5.41) is 13.4. The van der Waals surface area contributed by atoms with Gasteiger partial charge in [-0.3, -0.25) is 14.5 Å². The molecule has 4 N–H and O–H groups in total. The third-order valence-corrected chi connectivity index (χ3v) is 6.23. The van der Waals surface area contributed by atoms with Crippen LogP contribution in [0.4, 0.5) is 5.82 Å². The largest absolute Gasteiger partial charge is 0.382 e. The van der Waals surface area contributed by atoms with Gasteiger partial charge in [0.2, 0.25) is 4.80 Å². The Morgan fingerprint density at radius 3 is 2.35 bits per heavy atom. The molecule has 0 unspecified atom stereocenters. The highest BCUT2D eigenvalue weighted by Crippen LogP contribution is 2.26. The number of aromatic amines is 1. The summed E-state index contributed by atoms with van der Waals surface area (Å²) >= 11 is 1.44. The topological polar surface area (TPSA) is 101 Å². The Morgan fingerprint density at radius 2 is 1.65 bits per heavy atom. The summed E-state index contributed by atoms with van der Waals surface area (Å²) in [5.74, 6) is -0.316. The quantitative estimate of drug-likeness (QED) is 0.326. The van der Waals surface area contributed by atoms with E-state index in [1.165, 1.54) is 16.9 Å². The molecule has 0 atom stereocenters. The zero-order valence-electron chi connectivity index (χ0n) is 18.4. The molecule has 0 saturated carbocycles. The maximum atomic E-state index is 13.1. The van der Waals surface area contributed by atoms with Gasteiger partial charge in [0.25, 0.3) is 5.91 Å². The number of nitrogens with zero attached hydrogens (tertiary/aromatic N) is 3. The summed E-state index contributed by atoms with van der Waals surface area (Å²) in [6.07, 6.45) is 0. The third-order valence-electron chi connectivity index (χ3n) is 5.41. The number of aryl methyl sites for hydroxylation is 1. The number of aromatic nitrogens is 3. The smallest absolute Gasteiger partial charge is 0.277 e. The molecule has 1 amide bonds. The summed E-state index contributed by atoms with van der Waals surface area (Å²) in [5.41, 5.74) is 14.5. The van der Waals surface area contributed by atoms with Gasteiger partial charge in [0.1, 0.15) is 5.56 Å². The van der Waals surface area contributed by atoms with Crippen LogP contribution >= 0.6 is 11.3 Å². The maximum absolute atomic E-state index is 13.1. The van der Waals surface area contributed by atoms with E-state index in [2.05, 4.69) is 51.9 Å². The number of hydrogen-bond acceptors (Lipinski definition) is 5. The van der Waals surface area contributed by atoms with Gasteiger partial charge in [-0.05, 0) is 24.6 Å². The van der Waals surface area contributed by atoms with Crippen LogP contribution in [0.1, 0.15) is 15.9 Å². The van der Waals surface area contributed by atoms with Crippen molar-refractivity contribution in [3.63, 3.8) is 0 Å². The molecule has 2 aromatic heterocycles. The zero-order valence-corrected chi connectivity index (χ0v) is 19.2. The fourth-order valence-corrected chi connectivity index (χ4v) is 4.56. The van der Waals surface area contributed by atoms with Crippen molar-refractivity contribution in [2.24, 2.45) is 5.10 Å². The summed E-state index contributed by atoms with van der Waals surface area (Å²) < 4.78 is 2.02. The van der Waals surface area contributed by atoms with Gasteiger partial charge >= 0.3 is 0 Å². The zero-order chi connectivity index (χ0) is 23.5. The van der Waals surface area contributed by atoms with E-state index in [-0.39, 0.29) is 11.4 Å². The minimum absolute atomic E-state index is 0.119. The third kappa shape index (κ3) is 4.14. The minimum Gasteiger partial charge on any atom is -0.382 e. The second-order valence-electron chi connectivity index (χ2n) is 7.72. The van der Waals surface area contributed by atoms with Crippen molar-refractivity contribution in [3.05, 3.63) is 106 Å². The lowest BCUT2D eigenvalue weighted by Gasteiger charge is -2.09. The highest BCUT2D eigenvalue weighted by Gasteiger charge is 2.20. The number of nitrogen functional groups attached to an aromatic ring is 1. The number of carbonyl (C=O) groups excluding carboxylic acids is 1. The second-order valence-corrected chi connectivity index (χ2v) is 8.55. The molecule has 168 valence electrons. The highest BCUT2D eigenvalue weighted by atomic mass is 32.1. The van der Waals surface area contributed by atoms with Gasteiger partial charge in [0.15, 0.2) is 5.82 Å². The summed E-state index contributed by atoms with van der Waals surface area (Å²) in [6.45, 7) is 2.06. The van der Waals surface area contributed by atoms with Gasteiger partial charge in [0, 0.05) is 16.6 Å². The van der Waals surface area contributed by atoms with Crippen LogP contribution in [-0.2, 0) is 0 Å². The number of para-hydroxylation sites is 1. The van der Waals surface area contributed by atoms with Crippen LogP contribution in [0.25, 0.3) is 28.2 Å². The molecule has 0 bridgehead atoms. The number of hydrogen-bond donors (Lipinski definition) is 3. The van der Waals surface area contributed by atoms with E-state index in [9.17, 15) is 4.79 Å². The molecule has 5 rings (SSSR count). The van der Waals surface area contributed by atoms with E-state index < -0.39 is 5.91 Å². The molecule has 34 heavy (non-hydrogen) atoms. The number of thiazole rings is 1. The van der Waals surface area contributed by atoms with E-state index in [4.69, 9.17) is 5.73 Å². The molecule has 0 aliphatic carbocycles. The Kier molecular flexibility index (Phi) is 5.80. The van der Waals surface area contributed by atoms with Gasteiger partial charge < -0.3 is 5.73 Å². The summed E-state index contributed by atoms with van der Waals surface area (Å²) in [6, 6.07) is 27.7. The van der Waals surface area contributed by atoms with Gasteiger partial charge in [0.05, 0.1) is 11.4 Å². The Morgan fingerprint density at radius 1 is 0.971 bits per heavy atom. The van der Waals surface area contributed by atoms with E-state index in [1.807, 2.05) is 70.6 Å². The van der Waals surface area contributed by atoms with Crippen LogP contribution in [0, 0.1) is 6.92 Å². The number of amides is 1. The first-order valence-corrected chi connectivity index (χ1v) is 11.6. The SMILES string of the molecule is Cc1ccc(-c2cs/c(=N/NC(=O)c3c(N)n[nH]c3-c3ccccc3)n2-c2ccccc2)cc1. The number of rotatable bonds is 5. The van der Waals surface area contributed by atoms with E-state index >= 15 is 0 Å². The molecule has 7 nitrogen and oxygen atoms in total. The van der Waals surface area contributed by atoms with Crippen LogP contribution in [-0.4, -0.2) is 20.7 Å². The van der Waals surface area contributed by atoms with Crippen molar-refractivity contribution in [2.75, 3.05) is 5.73 Å². The predicted molar refractivity (Wildman–Crippen MR) is 135 cm³/mol. The van der Waals surface area contributed by atoms with Gasteiger partial charge in [-0.1, -0.05) is 78.4 Å². The number of H-pyrrole nitrogens is 1. The molecule has 0 fully saturated rings. The van der Waals surface area contributed by atoms with Crippen LogP contribution in [0.2, 0.25) is 0 Å². The van der Waals surface area contributed by atoms with Crippen molar-refractivity contribution in [1.82, 2.24) is 20.2 Å². The number of nitrogens with two attached hydrogens (primary N) is 1. The molecule has 2 heterocycles. The Bertz CT molecular complexity index is 1500. The average molecular weight is 467 g/mol. The van der Waals surface area contributed by atoms with Gasteiger partial charge in [-0.2, -0.15) is 5.10 Å².